The molecule has 0 saturated heterocycles. The van der Waals surface area contributed by atoms with Crippen molar-refractivity contribution in [3.63, 3.8) is 0 Å². The molecule has 0 radical (unpaired) electrons. The smallest absolute Gasteiger partial charge is 0.342 e. The quantitative estimate of drug-likeness (QED) is 0.850. The molecule has 0 unspecified atom stereocenters. The molecule has 1 heterocycles. The van der Waals surface area contributed by atoms with E-state index in [2.05, 4.69) is 5.16 Å². The van der Waals surface area contributed by atoms with Crippen molar-refractivity contribution in [2.24, 2.45) is 0 Å². The third-order valence-corrected chi connectivity index (χ3v) is 2.47. The SMILES string of the molecule is COc1cccc(C(=O)OCc2cc(C)on2)c1O. The molecule has 0 saturated carbocycles. The van der Waals surface area contributed by atoms with Crippen LogP contribution in [0, 0.1) is 6.92 Å². The molecule has 1 N–H and O–H groups in total. The van der Waals surface area contributed by atoms with Gasteiger partial charge in [0.15, 0.2) is 11.5 Å². The van der Waals surface area contributed by atoms with Crippen LogP contribution >= 0.6 is 0 Å². The summed E-state index contributed by atoms with van der Waals surface area (Å²) in [6.07, 6.45) is 0. The lowest BCUT2D eigenvalue weighted by atomic mass is 10.2. The predicted molar refractivity (Wildman–Crippen MR) is 65.0 cm³/mol. The van der Waals surface area contributed by atoms with Crippen LogP contribution < -0.4 is 4.74 Å². The van der Waals surface area contributed by atoms with Crippen LogP contribution in [0.5, 0.6) is 11.5 Å². The third kappa shape index (κ3) is 2.85. The molecule has 0 atom stereocenters. The van der Waals surface area contributed by atoms with Crippen LogP contribution in [-0.2, 0) is 11.3 Å². The van der Waals surface area contributed by atoms with Gasteiger partial charge in [0.1, 0.15) is 23.6 Å². The minimum atomic E-state index is -0.656. The van der Waals surface area contributed by atoms with Crippen molar-refractivity contribution in [1.29, 1.82) is 0 Å². The zero-order valence-electron chi connectivity index (χ0n) is 10.5. The number of benzene rings is 1. The Labute approximate surface area is 109 Å². The number of esters is 1. The molecule has 0 bridgehead atoms. The maximum Gasteiger partial charge on any atom is 0.342 e. The first-order valence-electron chi connectivity index (χ1n) is 5.57. The normalized spacial score (nSPS) is 10.2. The highest BCUT2D eigenvalue weighted by molar-refractivity contribution is 5.93. The Morgan fingerprint density at radius 3 is 2.89 bits per heavy atom. The highest BCUT2D eigenvalue weighted by Gasteiger charge is 2.16. The van der Waals surface area contributed by atoms with Crippen LogP contribution in [0.3, 0.4) is 0 Å². The van der Waals surface area contributed by atoms with Gasteiger partial charge in [0.2, 0.25) is 0 Å². The van der Waals surface area contributed by atoms with E-state index in [4.69, 9.17) is 14.0 Å². The molecule has 0 fully saturated rings. The van der Waals surface area contributed by atoms with Crippen LogP contribution in [0.15, 0.2) is 28.8 Å². The van der Waals surface area contributed by atoms with E-state index in [9.17, 15) is 9.90 Å². The number of carbonyl (C=O) groups excluding carboxylic acids is 1. The summed E-state index contributed by atoms with van der Waals surface area (Å²) in [6.45, 7) is 1.72. The Bertz CT molecular complexity index is 590. The van der Waals surface area contributed by atoms with E-state index in [-0.39, 0.29) is 23.7 Å². The summed E-state index contributed by atoms with van der Waals surface area (Å²) in [5, 5.41) is 13.5. The fourth-order valence-electron chi connectivity index (χ4n) is 1.55. The van der Waals surface area contributed by atoms with Gasteiger partial charge in [0.05, 0.1) is 7.11 Å². The minimum Gasteiger partial charge on any atom is -0.504 e. The fourth-order valence-corrected chi connectivity index (χ4v) is 1.55. The first-order valence-corrected chi connectivity index (χ1v) is 5.57. The second kappa shape index (κ2) is 5.43. The van der Waals surface area contributed by atoms with Gasteiger partial charge in [-0.05, 0) is 19.1 Å². The highest BCUT2D eigenvalue weighted by atomic mass is 16.5. The molecule has 6 nitrogen and oxygen atoms in total. The molecule has 100 valence electrons. The molecule has 0 spiro atoms. The number of phenols is 1. The predicted octanol–water partition coefficient (Wildman–Crippen LogP) is 2.05. The molecule has 2 rings (SSSR count). The number of rotatable bonds is 4. The van der Waals surface area contributed by atoms with Gasteiger partial charge in [0, 0.05) is 6.07 Å². The fraction of sp³-hybridized carbons (Fsp3) is 0.231. The van der Waals surface area contributed by atoms with Crippen molar-refractivity contribution in [2.75, 3.05) is 7.11 Å². The molecule has 2 aromatic rings. The van der Waals surface area contributed by atoms with Gasteiger partial charge in [0.25, 0.3) is 0 Å². The van der Waals surface area contributed by atoms with Gasteiger partial charge < -0.3 is 19.1 Å². The van der Waals surface area contributed by atoms with Crippen molar-refractivity contribution in [3.05, 3.63) is 41.3 Å². The Hall–Kier alpha value is -2.50. The second-order valence-corrected chi connectivity index (χ2v) is 3.86. The van der Waals surface area contributed by atoms with Gasteiger partial charge in [-0.2, -0.15) is 0 Å². The summed E-state index contributed by atoms with van der Waals surface area (Å²) in [6, 6.07) is 6.26. The molecule has 0 aliphatic rings. The summed E-state index contributed by atoms with van der Waals surface area (Å²) < 4.78 is 14.8. The topological polar surface area (TPSA) is 81.8 Å². The Kier molecular flexibility index (Phi) is 3.70. The highest BCUT2D eigenvalue weighted by Crippen LogP contribution is 2.29. The van der Waals surface area contributed by atoms with Crippen molar-refractivity contribution < 1.29 is 23.9 Å². The molecule has 6 heteroatoms. The number of aromatic nitrogens is 1. The molecule has 1 aromatic carbocycles. The number of para-hydroxylation sites is 1. The van der Waals surface area contributed by atoms with Gasteiger partial charge in [-0.15, -0.1) is 0 Å². The maximum absolute atomic E-state index is 11.8. The first kappa shape index (κ1) is 12.9. The molecular weight excluding hydrogens is 250 g/mol. The first-order chi connectivity index (χ1) is 9.11. The Morgan fingerprint density at radius 1 is 1.47 bits per heavy atom. The van der Waals surface area contributed by atoms with E-state index in [0.29, 0.717) is 11.5 Å². The zero-order valence-corrected chi connectivity index (χ0v) is 10.5. The van der Waals surface area contributed by atoms with Crippen LogP contribution in [0.4, 0.5) is 0 Å². The summed E-state index contributed by atoms with van der Waals surface area (Å²) in [4.78, 5) is 11.8. The molecule has 0 aliphatic carbocycles. The van der Waals surface area contributed by atoms with Crippen molar-refractivity contribution in [1.82, 2.24) is 5.16 Å². The van der Waals surface area contributed by atoms with E-state index < -0.39 is 5.97 Å². The number of hydrogen-bond acceptors (Lipinski definition) is 6. The number of methoxy groups -OCH3 is 1. The van der Waals surface area contributed by atoms with Gasteiger partial charge in [-0.25, -0.2) is 4.79 Å². The Balaban J connectivity index is 2.08. The standard InChI is InChI=1S/C13H13NO5/c1-8-6-9(14-19-8)7-18-13(16)10-4-3-5-11(17-2)12(10)15/h3-6,15H,7H2,1-2H3. The lowest BCUT2D eigenvalue weighted by Gasteiger charge is -2.07. The number of phenolic OH excluding ortho intramolecular Hbond substituents is 1. The molecule has 0 amide bonds. The van der Waals surface area contributed by atoms with Gasteiger partial charge in [-0.3, -0.25) is 0 Å². The number of ether oxygens (including phenoxy) is 2. The Morgan fingerprint density at radius 2 is 2.26 bits per heavy atom. The molecule has 1 aromatic heterocycles. The summed E-state index contributed by atoms with van der Waals surface area (Å²) >= 11 is 0. The van der Waals surface area contributed by atoms with E-state index in [0.717, 1.165) is 0 Å². The molecule has 0 aliphatic heterocycles. The van der Waals surface area contributed by atoms with Gasteiger partial charge >= 0.3 is 5.97 Å². The second-order valence-electron chi connectivity index (χ2n) is 3.86. The third-order valence-electron chi connectivity index (χ3n) is 2.47. The van der Waals surface area contributed by atoms with Crippen LogP contribution in [0.1, 0.15) is 21.8 Å². The number of aromatic hydroxyl groups is 1. The lowest BCUT2D eigenvalue weighted by Crippen LogP contribution is -2.06. The largest absolute Gasteiger partial charge is 0.504 e. The van der Waals surface area contributed by atoms with Crippen molar-refractivity contribution >= 4 is 5.97 Å². The summed E-state index contributed by atoms with van der Waals surface area (Å²) in [5.74, 6) is -0.0506. The minimum absolute atomic E-state index is 0.0210. The van der Waals surface area contributed by atoms with E-state index in [1.54, 1.807) is 25.1 Å². The van der Waals surface area contributed by atoms with Crippen LogP contribution in [-0.4, -0.2) is 23.3 Å². The zero-order chi connectivity index (χ0) is 13.8. The maximum atomic E-state index is 11.8. The monoisotopic (exact) mass is 263 g/mol. The molecule has 19 heavy (non-hydrogen) atoms. The van der Waals surface area contributed by atoms with E-state index in [1.165, 1.54) is 13.2 Å². The summed E-state index contributed by atoms with van der Waals surface area (Å²) in [5.41, 5.74) is 0.549. The average Bonchev–Trinajstić information content (AvgIpc) is 2.82. The molecular formula is C13H13NO5. The number of nitrogens with zero attached hydrogens (tertiary/aromatic N) is 1. The van der Waals surface area contributed by atoms with Gasteiger partial charge in [-0.1, -0.05) is 11.2 Å². The van der Waals surface area contributed by atoms with E-state index >= 15 is 0 Å². The average molecular weight is 263 g/mol. The van der Waals surface area contributed by atoms with Crippen molar-refractivity contribution in [3.8, 4) is 11.5 Å². The van der Waals surface area contributed by atoms with E-state index in [1.807, 2.05) is 0 Å². The number of carbonyl (C=O) groups is 1. The lowest BCUT2D eigenvalue weighted by molar-refractivity contribution is 0.0460. The number of hydrogen-bond donors (Lipinski definition) is 1. The van der Waals surface area contributed by atoms with Crippen LogP contribution in [0.2, 0.25) is 0 Å². The van der Waals surface area contributed by atoms with Crippen molar-refractivity contribution in [2.45, 2.75) is 13.5 Å². The number of aryl methyl sites for hydroxylation is 1. The van der Waals surface area contributed by atoms with Crippen LogP contribution in [0.25, 0.3) is 0 Å². The summed E-state index contributed by atoms with van der Waals surface area (Å²) in [7, 11) is 1.41.